The Hall–Kier alpha value is -2.48. The lowest BCUT2D eigenvalue weighted by Gasteiger charge is -2.12. The number of nitro benzene ring substituents is 1. The van der Waals surface area contributed by atoms with E-state index in [1.165, 1.54) is 12.1 Å². The first-order valence-electron chi connectivity index (χ1n) is 5.58. The smallest absolute Gasteiger partial charge is 0.271 e. The van der Waals surface area contributed by atoms with E-state index >= 15 is 0 Å². The summed E-state index contributed by atoms with van der Waals surface area (Å²) in [7, 11) is 0. The number of rotatable bonds is 3. The van der Waals surface area contributed by atoms with E-state index in [1.54, 1.807) is 0 Å². The first kappa shape index (κ1) is 13.9. The third-order valence-corrected chi connectivity index (χ3v) is 2.91. The first-order chi connectivity index (χ1) is 9.47. The van der Waals surface area contributed by atoms with Crippen LogP contribution in [0.2, 0.25) is 5.02 Å². The van der Waals surface area contributed by atoms with Crippen molar-refractivity contribution in [3.05, 3.63) is 33.3 Å². The molecule has 0 aliphatic carbocycles. The molecule has 1 aliphatic rings. The molecule has 20 heavy (non-hydrogen) atoms. The normalized spacial score (nSPS) is 14.2. The molecule has 0 radical (unpaired) electrons. The number of carbonyl (C=O) groups excluding carboxylic acids is 2. The number of non-ortho nitro benzene ring substituents is 1. The van der Waals surface area contributed by atoms with Crippen molar-refractivity contribution in [2.75, 3.05) is 5.32 Å². The van der Waals surface area contributed by atoms with Crippen molar-refractivity contribution < 1.29 is 14.5 Å². The Morgan fingerprint density at radius 1 is 1.45 bits per heavy atom. The Kier molecular flexibility index (Phi) is 3.94. The number of carbonyl (C=O) groups is 2. The highest BCUT2D eigenvalue weighted by molar-refractivity contribution is 6.44. The fraction of sp³-hybridized carbons (Fsp3) is 0.182. The van der Waals surface area contributed by atoms with Crippen LogP contribution in [0.1, 0.15) is 12.8 Å². The topological polar surface area (TPSA) is 114 Å². The van der Waals surface area contributed by atoms with Crippen LogP contribution < -0.4 is 10.7 Å². The number of hydrogen-bond donors (Lipinski definition) is 2. The van der Waals surface area contributed by atoms with Crippen LogP contribution in [-0.2, 0) is 9.59 Å². The number of hydrogen-bond acceptors (Lipinski definition) is 5. The van der Waals surface area contributed by atoms with Gasteiger partial charge in [0, 0.05) is 25.0 Å². The summed E-state index contributed by atoms with van der Waals surface area (Å²) in [5, 5.41) is 16.9. The molecular formula is C11H9ClN4O4. The zero-order valence-corrected chi connectivity index (χ0v) is 10.8. The predicted molar refractivity (Wildman–Crippen MR) is 71.5 cm³/mol. The van der Waals surface area contributed by atoms with Gasteiger partial charge in [0.2, 0.25) is 5.91 Å². The van der Waals surface area contributed by atoms with Crippen LogP contribution in [0.4, 0.5) is 11.4 Å². The maximum Gasteiger partial charge on any atom is 0.271 e. The molecule has 0 aromatic heterocycles. The van der Waals surface area contributed by atoms with Crippen LogP contribution in [0.15, 0.2) is 23.3 Å². The van der Waals surface area contributed by atoms with Gasteiger partial charge in [-0.1, -0.05) is 11.6 Å². The number of nitro groups is 1. The third-order valence-electron chi connectivity index (χ3n) is 2.58. The monoisotopic (exact) mass is 296 g/mol. The van der Waals surface area contributed by atoms with Crippen LogP contribution in [0.5, 0.6) is 0 Å². The summed E-state index contributed by atoms with van der Waals surface area (Å²) in [6.07, 6.45) is 0.360. The molecule has 9 heteroatoms. The van der Waals surface area contributed by atoms with Gasteiger partial charge >= 0.3 is 0 Å². The molecule has 0 spiro atoms. The van der Waals surface area contributed by atoms with Gasteiger partial charge in [0.05, 0.1) is 15.6 Å². The highest BCUT2D eigenvalue weighted by Crippen LogP contribution is 2.26. The summed E-state index contributed by atoms with van der Waals surface area (Å²) in [6, 6.07) is 3.71. The summed E-state index contributed by atoms with van der Waals surface area (Å²) in [4.78, 5) is 32.9. The number of halogens is 1. The highest BCUT2D eigenvalue weighted by atomic mass is 35.5. The van der Waals surface area contributed by atoms with Crippen LogP contribution in [0.25, 0.3) is 0 Å². The van der Waals surface area contributed by atoms with Crippen LogP contribution >= 0.6 is 11.6 Å². The zero-order chi connectivity index (χ0) is 14.7. The second-order valence-electron chi connectivity index (χ2n) is 3.97. The molecule has 2 N–H and O–H groups in total. The third kappa shape index (κ3) is 3.09. The Labute approximate surface area is 117 Å². The van der Waals surface area contributed by atoms with E-state index in [1.807, 2.05) is 0 Å². The maximum atomic E-state index is 11.9. The molecule has 0 unspecified atom stereocenters. The minimum Gasteiger partial charge on any atom is -0.319 e. The number of amides is 2. The van der Waals surface area contributed by atoms with E-state index in [4.69, 9.17) is 11.6 Å². The standard InChI is InChI=1S/C11H9ClN4O4/c12-7-2-1-6(16(19)20)5-9(7)13-11(18)8-3-4-10(17)15-14-8/h1-2,5H,3-4H2,(H,13,18)(H,15,17). The van der Waals surface area contributed by atoms with Gasteiger partial charge in [-0.2, -0.15) is 5.10 Å². The molecule has 104 valence electrons. The highest BCUT2D eigenvalue weighted by Gasteiger charge is 2.20. The van der Waals surface area contributed by atoms with E-state index < -0.39 is 10.8 Å². The Bertz CT molecular complexity index is 629. The zero-order valence-electron chi connectivity index (χ0n) is 10.1. The molecule has 0 atom stereocenters. The average molecular weight is 297 g/mol. The molecule has 2 rings (SSSR count). The molecule has 0 fully saturated rings. The van der Waals surface area contributed by atoms with Gasteiger partial charge in [0.1, 0.15) is 5.71 Å². The van der Waals surface area contributed by atoms with Crippen molar-refractivity contribution in [3.63, 3.8) is 0 Å². The molecule has 0 saturated heterocycles. The predicted octanol–water partition coefficient (Wildman–Crippen LogP) is 1.45. The number of hydrazone groups is 1. The Balaban J connectivity index is 2.17. The van der Waals surface area contributed by atoms with Crippen LogP contribution in [-0.4, -0.2) is 22.4 Å². The minimum atomic E-state index is -0.593. The minimum absolute atomic E-state index is 0.116. The fourth-order valence-corrected chi connectivity index (χ4v) is 1.72. The fourth-order valence-electron chi connectivity index (χ4n) is 1.55. The van der Waals surface area contributed by atoms with E-state index in [0.717, 1.165) is 6.07 Å². The van der Waals surface area contributed by atoms with E-state index in [-0.39, 0.29) is 40.9 Å². The molecule has 1 aromatic carbocycles. The van der Waals surface area contributed by atoms with Crippen molar-refractivity contribution in [2.45, 2.75) is 12.8 Å². The van der Waals surface area contributed by atoms with Crippen LogP contribution in [0, 0.1) is 10.1 Å². The second kappa shape index (κ2) is 5.66. The lowest BCUT2D eigenvalue weighted by molar-refractivity contribution is -0.384. The summed E-state index contributed by atoms with van der Waals surface area (Å²) >= 11 is 5.86. The van der Waals surface area contributed by atoms with E-state index in [9.17, 15) is 19.7 Å². The first-order valence-corrected chi connectivity index (χ1v) is 5.96. The van der Waals surface area contributed by atoms with Gasteiger partial charge < -0.3 is 5.32 Å². The van der Waals surface area contributed by atoms with Crippen LogP contribution in [0.3, 0.4) is 0 Å². The molecule has 0 bridgehead atoms. The van der Waals surface area contributed by atoms with Crippen molar-refractivity contribution in [2.24, 2.45) is 5.10 Å². The summed E-state index contributed by atoms with van der Waals surface area (Å²) in [5.74, 6) is -0.831. The van der Waals surface area contributed by atoms with Crippen molar-refractivity contribution in [1.82, 2.24) is 5.43 Å². The van der Waals surface area contributed by atoms with Crippen molar-refractivity contribution in [1.29, 1.82) is 0 Å². The average Bonchev–Trinajstić information content (AvgIpc) is 2.41. The molecule has 0 saturated carbocycles. The maximum absolute atomic E-state index is 11.9. The van der Waals surface area contributed by atoms with E-state index in [0.29, 0.717) is 0 Å². The Morgan fingerprint density at radius 3 is 2.80 bits per heavy atom. The molecule has 2 amide bonds. The summed E-state index contributed by atoms with van der Waals surface area (Å²) < 4.78 is 0. The van der Waals surface area contributed by atoms with Crippen molar-refractivity contribution in [3.8, 4) is 0 Å². The lowest BCUT2D eigenvalue weighted by Crippen LogP contribution is -2.32. The molecule has 1 heterocycles. The van der Waals surface area contributed by atoms with Gasteiger partial charge in [-0.05, 0) is 6.07 Å². The molecule has 1 aliphatic heterocycles. The Morgan fingerprint density at radius 2 is 2.20 bits per heavy atom. The molecule has 1 aromatic rings. The van der Waals surface area contributed by atoms with Gasteiger partial charge in [0.25, 0.3) is 11.6 Å². The van der Waals surface area contributed by atoms with E-state index in [2.05, 4.69) is 15.8 Å². The summed E-state index contributed by atoms with van der Waals surface area (Å²) in [6.45, 7) is 0. The van der Waals surface area contributed by atoms with Crippen molar-refractivity contribution >= 4 is 40.5 Å². The number of benzene rings is 1. The number of nitrogens with one attached hydrogen (secondary N) is 2. The molecule has 8 nitrogen and oxygen atoms in total. The van der Waals surface area contributed by atoms with Gasteiger partial charge in [0.15, 0.2) is 0 Å². The number of nitrogens with zero attached hydrogens (tertiary/aromatic N) is 2. The quantitative estimate of drug-likeness (QED) is 0.649. The summed E-state index contributed by atoms with van der Waals surface area (Å²) in [5.41, 5.74) is 2.25. The lowest BCUT2D eigenvalue weighted by atomic mass is 10.1. The van der Waals surface area contributed by atoms with Gasteiger partial charge in [-0.3, -0.25) is 19.7 Å². The second-order valence-corrected chi connectivity index (χ2v) is 4.38. The largest absolute Gasteiger partial charge is 0.319 e. The SMILES string of the molecule is O=C1CCC(C(=O)Nc2cc([N+](=O)[O-])ccc2Cl)=NN1. The van der Waals surface area contributed by atoms with Gasteiger partial charge in [-0.15, -0.1) is 0 Å². The molecular weight excluding hydrogens is 288 g/mol. The van der Waals surface area contributed by atoms with Gasteiger partial charge in [-0.25, -0.2) is 5.43 Å². The number of anilines is 1.